The Bertz CT molecular complexity index is 658. The first kappa shape index (κ1) is 14.9. The maximum absolute atomic E-state index is 13.3. The summed E-state index contributed by atoms with van der Waals surface area (Å²) >= 11 is 0. The van der Waals surface area contributed by atoms with E-state index in [-0.39, 0.29) is 12.3 Å². The van der Waals surface area contributed by atoms with Crippen molar-refractivity contribution in [3.63, 3.8) is 0 Å². The van der Waals surface area contributed by atoms with Crippen molar-refractivity contribution in [1.82, 2.24) is 0 Å². The van der Waals surface area contributed by atoms with Gasteiger partial charge in [-0.1, -0.05) is 18.2 Å². The zero-order valence-electron chi connectivity index (χ0n) is 11.3. The Morgan fingerprint density at radius 1 is 1.33 bits per heavy atom. The minimum absolute atomic E-state index is 0.0255. The second kappa shape index (κ2) is 6.32. The second-order valence-corrected chi connectivity index (χ2v) is 4.58. The van der Waals surface area contributed by atoms with Crippen molar-refractivity contribution in [3.8, 4) is 5.75 Å². The quantitative estimate of drug-likeness (QED) is 0.677. The van der Waals surface area contributed by atoms with Crippen LogP contribution in [0, 0.1) is 15.9 Å². The van der Waals surface area contributed by atoms with Crippen molar-refractivity contribution in [2.45, 2.75) is 19.6 Å². The number of nitro groups is 1. The Hall–Kier alpha value is -2.47. The summed E-state index contributed by atoms with van der Waals surface area (Å²) in [5, 5.41) is 20.3. The fourth-order valence-corrected chi connectivity index (χ4v) is 1.94. The van der Waals surface area contributed by atoms with Gasteiger partial charge in [-0.3, -0.25) is 10.1 Å². The van der Waals surface area contributed by atoms with E-state index < -0.39 is 16.8 Å². The van der Waals surface area contributed by atoms with Gasteiger partial charge < -0.3 is 9.84 Å². The van der Waals surface area contributed by atoms with Crippen LogP contribution in [0.3, 0.4) is 0 Å². The highest BCUT2D eigenvalue weighted by atomic mass is 19.1. The van der Waals surface area contributed by atoms with Crippen LogP contribution in [0.1, 0.15) is 24.2 Å². The summed E-state index contributed by atoms with van der Waals surface area (Å²) in [6, 6.07) is 10.2. The summed E-state index contributed by atoms with van der Waals surface area (Å²) in [4.78, 5) is 10.0. The minimum Gasteiger partial charge on any atom is -0.489 e. The van der Waals surface area contributed by atoms with Gasteiger partial charge in [0.1, 0.15) is 18.2 Å². The van der Waals surface area contributed by atoms with E-state index in [0.717, 1.165) is 6.07 Å². The van der Waals surface area contributed by atoms with Crippen LogP contribution >= 0.6 is 0 Å². The molecule has 2 aromatic rings. The molecule has 21 heavy (non-hydrogen) atoms. The summed E-state index contributed by atoms with van der Waals surface area (Å²) in [5.74, 6) is -0.231. The van der Waals surface area contributed by atoms with E-state index in [9.17, 15) is 19.6 Å². The summed E-state index contributed by atoms with van der Waals surface area (Å²) in [6.45, 7) is 1.58. The third-order valence-corrected chi connectivity index (χ3v) is 2.92. The van der Waals surface area contributed by atoms with Crippen molar-refractivity contribution < 1.29 is 19.2 Å². The molecule has 2 rings (SSSR count). The van der Waals surface area contributed by atoms with Gasteiger partial charge >= 0.3 is 0 Å². The molecular weight excluding hydrogens is 277 g/mol. The van der Waals surface area contributed by atoms with Crippen molar-refractivity contribution >= 4 is 5.69 Å². The number of nitrogens with zero attached hydrogens (tertiary/aromatic N) is 1. The smallest absolute Gasteiger partial charge is 0.272 e. The second-order valence-electron chi connectivity index (χ2n) is 4.58. The van der Waals surface area contributed by atoms with Crippen LogP contribution in [0.15, 0.2) is 42.5 Å². The van der Waals surface area contributed by atoms with Crippen molar-refractivity contribution in [1.29, 1.82) is 0 Å². The Kier molecular flexibility index (Phi) is 4.49. The fourth-order valence-electron chi connectivity index (χ4n) is 1.94. The van der Waals surface area contributed by atoms with E-state index in [1.807, 2.05) is 0 Å². The van der Waals surface area contributed by atoms with Gasteiger partial charge in [0.15, 0.2) is 0 Å². The number of aliphatic hydroxyl groups is 1. The summed E-state index contributed by atoms with van der Waals surface area (Å²) in [6.07, 6.45) is -0.706. The molecule has 0 aliphatic heterocycles. The molecule has 5 nitrogen and oxygen atoms in total. The molecule has 0 heterocycles. The predicted octanol–water partition coefficient (Wildman–Crippen LogP) is 3.37. The molecule has 1 atom stereocenters. The highest BCUT2D eigenvalue weighted by Crippen LogP contribution is 2.26. The standard InChI is InChI=1S/C15H14FNO4/c1-10(18)14-4-2-3-5-15(14)21-9-11-6-12(16)8-13(7-11)17(19)20/h2-8,10,18H,9H2,1H3. The summed E-state index contributed by atoms with van der Waals surface area (Å²) < 4.78 is 18.8. The first-order valence-corrected chi connectivity index (χ1v) is 6.31. The topological polar surface area (TPSA) is 72.6 Å². The van der Waals surface area contributed by atoms with Crippen molar-refractivity contribution in [2.24, 2.45) is 0 Å². The van der Waals surface area contributed by atoms with Crippen LogP contribution in [-0.4, -0.2) is 10.0 Å². The zero-order valence-corrected chi connectivity index (χ0v) is 11.3. The molecule has 1 unspecified atom stereocenters. The Balaban J connectivity index is 2.19. The molecule has 0 aliphatic rings. The molecule has 0 amide bonds. The lowest BCUT2D eigenvalue weighted by molar-refractivity contribution is -0.385. The molecule has 0 aliphatic carbocycles. The lowest BCUT2D eigenvalue weighted by atomic mass is 10.1. The number of nitro benzene ring substituents is 1. The Morgan fingerprint density at radius 2 is 2.05 bits per heavy atom. The molecule has 110 valence electrons. The van der Waals surface area contributed by atoms with E-state index in [4.69, 9.17) is 4.74 Å². The molecule has 0 saturated heterocycles. The molecule has 0 spiro atoms. The van der Waals surface area contributed by atoms with E-state index >= 15 is 0 Å². The Morgan fingerprint density at radius 3 is 2.71 bits per heavy atom. The van der Waals surface area contributed by atoms with Crippen LogP contribution in [0.25, 0.3) is 0 Å². The first-order valence-electron chi connectivity index (χ1n) is 6.31. The average Bonchev–Trinajstić information content (AvgIpc) is 2.44. The number of benzene rings is 2. The largest absolute Gasteiger partial charge is 0.489 e. The van der Waals surface area contributed by atoms with E-state index in [1.54, 1.807) is 31.2 Å². The van der Waals surface area contributed by atoms with Crippen molar-refractivity contribution in [3.05, 3.63) is 69.5 Å². The van der Waals surface area contributed by atoms with Gasteiger partial charge in [-0.05, 0) is 24.6 Å². The molecule has 6 heteroatoms. The van der Waals surface area contributed by atoms with Crippen molar-refractivity contribution in [2.75, 3.05) is 0 Å². The van der Waals surface area contributed by atoms with Gasteiger partial charge in [-0.2, -0.15) is 0 Å². The number of para-hydroxylation sites is 1. The summed E-state index contributed by atoms with van der Waals surface area (Å²) in [7, 11) is 0. The average molecular weight is 291 g/mol. The minimum atomic E-state index is -0.706. The van der Waals surface area contributed by atoms with E-state index in [2.05, 4.69) is 0 Å². The van der Waals surface area contributed by atoms with Gasteiger partial charge in [0.05, 0.1) is 17.1 Å². The molecule has 0 bridgehead atoms. The Labute approximate surface area is 120 Å². The lowest BCUT2D eigenvalue weighted by Gasteiger charge is -2.13. The maximum atomic E-state index is 13.3. The highest BCUT2D eigenvalue weighted by molar-refractivity contribution is 5.37. The number of hydrogen-bond acceptors (Lipinski definition) is 4. The van der Waals surface area contributed by atoms with Gasteiger partial charge in [-0.15, -0.1) is 0 Å². The van der Waals surface area contributed by atoms with Crippen LogP contribution in [0.4, 0.5) is 10.1 Å². The van der Waals surface area contributed by atoms with E-state index in [0.29, 0.717) is 16.9 Å². The van der Waals surface area contributed by atoms with Crippen LogP contribution in [0.2, 0.25) is 0 Å². The van der Waals surface area contributed by atoms with E-state index in [1.165, 1.54) is 12.1 Å². The highest BCUT2D eigenvalue weighted by Gasteiger charge is 2.12. The molecule has 1 N–H and O–H groups in total. The normalized spacial score (nSPS) is 12.0. The van der Waals surface area contributed by atoms with Gasteiger partial charge in [0.25, 0.3) is 5.69 Å². The monoisotopic (exact) mass is 291 g/mol. The number of halogens is 1. The van der Waals surface area contributed by atoms with Gasteiger partial charge in [0, 0.05) is 11.6 Å². The molecule has 0 radical (unpaired) electrons. The van der Waals surface area contributed by atoms with Crippen LogP contribution in [0.5, 0.6) is 5.75 Å². The van der Waals surface area contributed by atoms with Crippen LogP contribution in [-0.2, 0) is 6.61 Å². The molecule has 0 aromatic heterocycles. The number of aliphatic hydroxyl groups excluding tert-OH is 1. The third kappa shape index (κ3) is 3.76. The fraction of sp³-hybridized carbons (Fsp3) is 0.200. The summed E-state index contributed by atoms with van der Waals surface area (Å²) in [5.41, 5.74) is 0.628. The zero-order chi connectivity index (χ0) is 15.4. The molecule has 2 aromatic carbocycles. The number of rotatable bonds is 5. The van der Waals surface area contributed by atoms with Crippen LogP contribution < -0.4 is 4.74 Å². The molecule has 0 fully saturated rings. The third-order valence-electron chi connectivity index (χ3n) is 2.92. The molecular formula is C15H14FNO4. The SMILES string of the molecule is CC(O)c1ccccc1OCc1cc(F)cc([N+](=O)[O-])c1. The lowest BCUT2D eigenvalue weighted by Crippen LogP contribution is -2.02. The predicted molar refractivity (Wildman–Crippen MR) is 74.5 cm³/mol. The van der Waals surface area contributed by atoms with Gasteiger partial charge in [-0.25, -0.2) is 4.39 Å². The molecule has 0 saturated carbocycles. The number of non-ortho nitro benzene ring substituents is 1. The number of hydrogen-bond donors (Lipinski definition) is 1. The first-order chi connectivity index (χ1) is 9.97. The van der Waals surface area contributed by atoms with Gasteiger partial charge in [0.2, 0.25) is 0 Å². The number of ether oxygens (including phenoxy) is 1. The maximum Gasteiger partial charge on any atom is 0.272 e.